The van der Waals surface area contributed by atoms with Crippen LogP contribution in [0.2, 0.25) is 0 Å². The van der Waals surface area contributed by atoms with Gasteiger partial charge in [-0.1, -0.05) is 6.42 Å². The van der Waals surface area contributed by atoms with Gasteiger partial charge in [-0.3, -0.25) is 4.79 Å². The summed E-state index contributed by atoms with van der Waals surface area (Å²) in [6.45, 7) is -0.823. The van der Waals surface area contributed by atoms with Crippen LogP contribution < -0.4 is 0 Å². The van der Waals surface area contributed by atoms with Gasteiger partial charge in [0, 0.05) is 6.42 Å². The van der Waals surface area contributed by atoms with Crippen molar-refractivity contribution >= 4 is 5.78 Å². The summed E-state index contributed by atoms with van der Waals surface area (Å²) in [7, 11) is 1.64. The zero-order chi connectivity index (χ0) is 11.1. The summed E-state index contributed by atoms with van der Waals surface area (Å²) in [5, 5.41) is 0. The molecule has 0 aliphatic heterocycles. The molecule has 1 saturated carbocycles. The van der Waals surface area contributed by atoms with Crippen molar-refractivity contribution < 1.29 is 13.9 Å². The number of rotatable bonds is 5. The van der Waals surface area contributed by atoms with Crippen LogP contribution in [0.5, 0.6) is 0 Å². The topological polar surface area (TPSA) is 26.3 Å². The first-order valence-electron chi connectivity index (χ1n) is 5.57. The SMILES string of the molecule is CO/C=C1\CCCCC1CCC(=O)CF. The second-order valence-corrected chi connectivity index (χ2v) is 4.08. The van der Waals surface area contributed by atoms with Gasteiger partial charge < -0.3 is 4.74 Å². The molecular formula is C12H19FO2. The smallest absolute Gasteiger partial charge is 0.163 e. The number of hydrogen-bond acceptors (Lipinski definition) is 2. The van der Waals surface area contributed by atoms with E-state index in [0.29, 0.717) is 12.3 Å². The molecule has 0 bridgehead atoms. The van der Waals surface area contributed by atoms with Crippen molar-refractivity contribution in [3.8, 4) is 0 Å². The third-order valence-electron chi connectivity index (χ3n) is 2.98. The third kappa shape index (κ3) is 4.02. The fourth-order valence-corrected chi connectivity index (χ4v) is 2.15. The summed E-state index contributed by atoms with van der Waals surface area (Å²) in [4.78, 5) is 10.9. The summed E-state index contributed by atoms with van der Waals surface area (Å²) in [6.07, 6.45) is 7.50. The number of methoxy groups -OCH3 is 1. The predicted molar refractivity (Wildman–Crippen MR) is 57.3 cm³/mol. The van der Waals surface area contributed by atoms with Gasteiger partial charge >= 0.3 is 0 Å². The fraction of sp³-hybridized carbons (Fsp3) is 0.750. The molecule has 0 saturated heterocycles. The Balaban J connectivity index is 2.42. The molecule has 0 amide bonds. The van der Waals surface area contributed by atoms with E-state index in [4.69, 9.17) is 4.74 Å². The van der Waals surface area contributed by atoms with E-state index in [1.165, 1.54) is 18.4 Å². The number of alkyl halides is 1. The molecule has 0 aromatic rings. The van der Waals surface area contributed by atoms with Gasteiger partial charge in [0.15, 0.2) is 5.78 Å². The number of ether oxygens (including phenoxy) is 1. The molecule has 0 N–H and O–H groups in total. The molecule has 2 nitrogen and oxygen atoms in total. The molecule has 1 aliphatic carbocycles. The van der Waals surface area contributed by atoms with Gasteiger partial charge in [-0.2, -0.15) is 0 Å². The van der Waals surface area contributed by atoms with Crippen molar-refractivity contribution in [1.29, 1.82) is 0 Å². The number of carbonyl (C=O) groups excluding carboxylic acids is 1. The Morgan fingerprint density at radius 1 is 1.60 bits per heavy atom. The lowest BCUT2D eigenvalue weighted by Gasteiger charge is -2.24. The molecule has 0 aromatic carbocycles. The summed E-state index contributed by atoms with van der Waals surface area (Å²) < 4.78 is 17.0. The van der Waals surface area contributed by atoms with Crippen LogP contribution in [0.1, 0.15) is 38.5 Å². The molecule has 1 atom stereocenters. The van der Waals surface area contributed by atoms with Crippen LogP contribution in [0.4, 0.5) is 4.39 Å². The highest BCUT2D eigenvalue weighted by atomic mass is 19.1. The minimum absolute atomic E-state index is 0.280. The Hall–Kier alpha value is -0.860. The number of carbonyl (C=O) groups is 1. The summed E-state index contributed by atoms with van der Waals surface area (Å²) in [5.74, 6) is 0.145. The van der Waals surface area contributed by atoms with Crippen molar-refractivity contribution in [2.75, 3.05) is 13.8 Å². The minimum Gasteiger partial charge on any atom is -0.504 e. The van der Waals surface area contributed by atoms with Gasteiger partial charge in [-0.05, 0) is 37.2 Å². The molecule has 0 spiro atoms. The van der Waals surface area contributed by atoms with E-state index in [-0.39, 0.29) is 5.78 Å². The van der Waals surface area contributed by atoms with Gasteiger partial charge in [-0.15, -0.1) is 0 Å². The second-order valence-electron chi connectivity index (χ2n) is 4.08. The quantitative estimate of drug-likeness (QED) is 0.657. The van der Waals surface area contributed by atoms with Gasteiger partial charge in [0.25, 0.3) is 0 Å². The molecular weight excluding hydrogens is 195 g/mol. The Morgan fingerprint density at radius 3 is 3.07 bits per heavy atom. The Morgan fingerprint density at radius 2 is 2.40 bits per heavy atom. The van der Waals surface area contributed by atoms with E-state index in [1.54, 1.807) is 13.4 Å². The molecule has 0 heterocycles. The van der Waals surface area contributed by atoms with Crippen LogP contribution >= 0.6 is 0 Å². The van der Waals surface area contributed by atoms with Gasteiger partial charge in [-0.25, -0.2) is 4.39 Å². The number of ketones is 1. The molecule has 86 valence electrons. The summed E-state index contributed by atoms with van der Waals surface area (Å²) in [5.41, 5.74) is 1.29. The highest BCUT2D eigenvalue weighted by molar-refractivity contribution is 5.79. The second kappa shape index (κ2) is 6.59. The first-order chi connectivity index (χ1) is 7.27. The van der Waals surface area contributed by atoms with Crippen molar-refractivity contribution in [1.82, 2.24) is 0 Å². The molecule has 0 aromatic heterocycles. The maximum Gasteiger partial charge on any atom is 0.163 e. The number of hydrogen-bond donors (Lipinski definition) is 0. The predicted octanol–water partition coefficient (Wildman–Crippen LogP) is 3.03. The Labute approximate surface area is 90.5 Å². The Bertz CT molecular complexity index is 236. The standard InChI is InChI=1S/C12H19FO2/c1-15-9-11-5-3-2-4-10(11)6-7-12(14)8-13/h9-10H,2-8H2,1H3/b11-9+. The highest BCUT2D eigenvalue weighted by Crippen LogP contribution is 2.32. The van der Waals surface area contributed by atoms with Gasteiger partial charge in [0.2, 0.25) is 0 Å². The fourth-order valence-electron chi connectivity index (χ4n) is 2.15. The lowest BCUT2D eigenvalue weighted by atomic mass is 9.82. The molecule has 1 rings (SSSR count). The van der Waals surface area contributed by atoms with Crippen LogP contribution in [0.3, 0.4) is 0 Å². The van der Waals surface area contributed by atoms with Crippen LogP contribution in [-0.2, 0) is 9.53 Å². The maximum absolute atomic E-state index is 12.0. The lowest BCUT2D eigenvalue weighted by molar-refractivity contribution is -0.120. The molecule has 1 aliphatic rings. The van der Waals surface area contributed by atoms with Crippen LogP contribution in [0.15, 0.2) is 11.8 Å². The molecule has 15 heavy (non-hydrogen) atoms. The minimum atomic E-state index is -0.823. The lowest BCUT2D eigenvalue weighted by Crippen LogP contribution is -2.13. The third-order valence-corrected chi connectivity index (χ3v) is 2.98. The van der Waals surface area contributed by atoms with E-state index < -0.39 is 6.67 Å². The van der Waals surface area contributed by atoms with Crippen LogP contribution in [0.25, 0.3) is 0 Å². The Kier molecular flexibility index (Phi) is 5.37. The highest BCUT2D eigenvalue weighted by Gasteiger charge is 2.19. The number of halogens is 1. The van der Waals surface area contributed by atoms with E-state index in [1.807, 2.05) is 0 Å². The monoisotopic (exact) mass is 214 g/mol. The molecule has 0 radical (unpaired) electrons. The first kappa shape index (κ1) is 12.2. The van der Waals surface area contributed by atoms with Crippen LogP contribution in [0, 0.1) is 5.92 Å². The van der Waals surface area contributed by atoms with E-state index in [2.05, 4.69) is 0 Å². The molecule has 3 heteroatoms. The normalized spacial score (nSPS) is 24.1. The van der Waals surface area contributed by atoms with Crippen molar-refractivity contribution in [3.05, 3.63) is 11.8 Å². The largest absolute Gasteiger partial charge is 0.504 e. The maximum atomic E-state index is 12.0. The van der Waals surface area contributed by atoms with Gasteiger partial charge in [0.1, 0.15) is 6.67 Å². The molecule has 1 unspecified atom stereocenters. The zero-order valence-corrected chi connectivity index (χ0v) is 9.30. The number of Topliss-reactive ketones (excluding diaryl/α,β-unsaturated/α-hetero) is 1. The van der Waals surface area contributed by atoms with Crippen molar-refractivity contribution in [2.45, 2.75) is 38.5 Å². The number of allylic oxidation sites excluding steroid dienone is 1. The summed E-state index contributed by atoms with van der Waals surface area (Å²) in [6, 6.07) is 0. The molecule has 1 fully saturated rings. The average Bonchev–Trinajstić information content (AvgIpc) is 2.28. The van der Waals surface area contributed by atoms with Crippen molar-refractivity contribution in [3.63, 3.8) is 0 Å². The zero-order valence-electron chi connectivity index (χ0n) is 9.30. The van der Waals surface area contributed by atoms with E-state index in [9.17, 15) is 9.18 Å². The average molecular weight is 214 g/mol. The summed E-state index contributed by atoms with van der Waals surface area (Å²) >= 11 is 0. The van der Waals surface area contributed by atoms with Crippen LogP contribution in [-0.4, -0.2) is 19.6 Å². The van der Waals surface area contributed by atoms with E-state index >= 15 is 0 Å². The van der Waals surface area contributed by atoms with E-state index in [0.717, 1.165) is 19.3 Å². The first-order valence-corrected chi connectivity index (χ1v) is 5.57. The van der Waals surface area contributed by atoms with Gasteiger partial charge in [0.05, 0.1) is 13.4 Å². The van der Waals surface area contributed by atoms with Crippen molar-refractivity contribution in [2.24, 2.45) is 5.92 Å².